The second-order valence-electron chi connectivity index (χ2n) is 4.17. The second-order valence-corrected chi connectivity index (χ2v) is 4.17. The van der Waals surface area contributed by atoms with Crippen molar-refractivity contribution in [3.8, 4) is 23.1 Å². The molecule has 0 bridgehead atoms. The van der Waals surface area contributed by atoms with Crippen molar-refractivity contribution in [3.63, 3.8) is 0 Å². The van der Waals surface area contributed by atoms with E-state index in [4.69, 9.17) is 14.2 Å². The van der Waals surface area contributed by atoms with E-state index in [0.29, 0.717) is 28.7 Å². The zero-order chi connectivity index (χ0) is 14.5. The summed E-state index contributed by atoms with van der Waals surface area (Å²) in [6.07, 6.45) is 0.919. The minimum absolute atomic E-state index is 0.324. The van der Waals surface area contributed by atoms with E-state index in [-0.39, 0.29) is 0 Å². The Morgan fingerprint density at radius 3 is 2.25 bits per heavy atom. The fourth-order valence-corrected chi connectivity index (χ4v) is 1.82. The van der Waals surface area contributed by atoms with Crippen molar-refractivity contribution in [1.82, 2.24) is 4.98 Å². The van der Waals surface area contributed by atoms with Gasteiger partial charge in [0.15, 0.2) is 11.5 Å². The third kappa shape index (κ3) is 2.83. The number of rotatable bonds is 5. The Bertz CT molecular complexity index is 562. The SMILES string of the molecule is COc1cccc(OC)c1Oc1ncccc1[C@@H](C)O. The molecule has 0 aliphatic carbocycles. The Labute approximate surface area is 117 Å². The van der Waals surface area contributed by atoms with Crippen molar-refractivity contribution in [1.29, 1.82) is 0 Å². The number of hydrogen-bond acceptors (Lipinski definition) is 5. The Morgan fingerprint density at radius 2 is 1.70 bits per heavy atom. The predicted octanol–water partition coefficient (Wildman–Crippen LogP) is 2.94. The number of hydrogen-bond donors (Lipinski definition) is 1. The summed E-state index contributed by atoms with van der Waals surface area (Å²) in [5, 5.41) is 9.75. The monoisotopic (exact) mass is 275 g/mol. The molecule has 0 saturated carbocycles. The van der Waals surface area contributed by atoms with Gasteiger partial charge in [-0.25, -0.2) is 4.98 Å². The van der Waals surface area contributed by atoms with Crippen LogP contribution in [0.1, 0.15) is 18.6 Å². The zero-order valence-corrected chi connectivity index (χ0v) is 11.7. The van der Waals surface area contributed by atoms with Gasteiger partial charge in [0.05, 0.1) is 20.3 Å². The topological polar surface area (TPSA) is 60.8 Å². The molecule has 20 heavy (non-hydrogen) atoms. The molecule has 106 valence electrons. The van der Waals surface area contributed by atoms with Crippen LogP contribution in [0, 0.1) is 0 Å². The molecule has 0 amide bonds. The average molecular weight is 275 g/mol. The van der Waals surface area contributed by atoms with Gasteiger partial charge in [0, 0.05) is 11.8 Å². The maximum Gasteiger partial charge on any atom is 0.225 e. The van der Waals surface area contributed by atoms with Crippen LogP contribution in [0.4, 0.5) is 0 Å². The summed E-state index contributed by atoms with van der Waals surface area (Å²) in [5.41, 5.74) is 0.598. The van der Waals surface area contributed by atoms with E-state index in [2.05, 4.69) is 4.98 Å². The van der Waals surface area contributed by atoms with Crippen molar-refractivity contribution in [3.05, 3.63) is 42.1 Å². The zero-order valence-electron chi connectivity index (χ0n) is 11.7. The molecule has 0 saturated heterocycles. The molecule has 2 rings (SSSR count). The highest BCUT2D eigenvalue weighted by Crippen LogP contribution is 2.40. The third-order valence-corrected chi connectivity index (χ3v) is 2.83. The molecule has 1 aromatic carbocycles. The quantitative estimate of drug-likeness (QED) is 0.909. The first-order valence-corrected chi connectivity index (χ1v) is 6.19. The predicted molar refractivity (Wildman–Crippen MR) is 74.5 cm³/mol. The van der Waals surface area contributed by atoms with Gasteiger partial charge in [-0.15, -0.1) is 0 Å². The second kappa shape index (κ2) is 6.25. The number of pyridine rings is 1. The summed E-state index contributed by atoms with van der Waals surface area (Å²) in [6, 6.07) is 8.84. The maximum absolute atomic E-state index is 9.75. The van der Waals surface area contributed by atoms with E-state index < -0.39 is 6.10 Å². The molecule has 5 nitrogen and oxygen atoms in total. The van der Waals surface area contributed by atoms with Gasteiger partial charge < -0.3 is 19.3 Å². The first-order chi connectivity index (χ1) is 9.67. The summed E-state index contributed by atoms with van der Waals surface area (Å²) in [4.78, 5) is 4.15. The van der Waals surface area contributed by atoms with Crippen LogP contribution in [-0.2, 0) is 0 Å². The Kier molecular flexibility index (Phi) is 4.42. The van der Waals surface area contributed by atoms with E-state index in [1.54, 1.807) is 57.7 Å². The van der Waals surface area contributed by atoms with Gasteiger partial charge in [-0.2, -0.15) is 0 Å². The lowest BCUT2D eigenvalue weighted by Gasteiger charge is -2.15. The number of benzene rings is 1. The molecule has 2 aromatic rings. The van der Waals surface area contributed by atoms with E-state index >= 15 is 0 Å². The van der Waals surface area contributed by atoms with E-state index in [9.17, 15) is 5.11 Å². The number of ether oxygens (including phenoxy) is 3. The number of aromatic nitrogens is 1. The summed E-state index contributed by atoms with van der Waals surface area (Å²) >= 11 is 0. The minimum atomic E-state index is -0.681. The largest absolute Gasteiger partial charge is 0.493 e. The smallest absolute Gasteiger partial charge is 0.225 e. The molecule has 0 aliphatic heterocycles. The van der Waals surface area contributed by atoms with Crippen LogP contribution < -0.4 is 14.2 Å². The van der Waals surface area contributed by atoms with Crippen LogP contribution in [-0.4, -0.2) is 24.3 Å². The highest BCUT2D eigenvalue weighted by atomic mass is 16.5. The standard InChI is InChI=1S/C15H17NO4/c1-10(17)11-6-5-9-16-15(11)20-14-12(18-2)7-4-8-13(14)19-3/h4-10,17H,1-3H3/t10-/m1/s1. The molecule has 0 fully saturated rings. The van der Waals surface area contributed by atoms with Gasteiger partial charge in [-0.05, 0) is 31.2 Å². The summed E-state index contributed by atoms with van der Waals surface area (Å²) in [6.45, 7) is 1.66. The summed E-state index contributed by atoms with van der Waals surface area (Å²) in [5.74, 6) is 1.82. The normalized spacial score (nSPS) is 11.8. The van der Waals surface area contributed by atoms with E-state index in [0.717, 1.165) is 0 Å². The van der Waals surface area contributed by atoms with Crippen LogP contribution in [0.3, 0.4) is 0 Å². The van der Waals surface area contributed by atoms with Crippen molar-refractivity contribution in [2.75, 3.05) is 14.2 Å². The van der Waals surface area contributed by atoms with Gasteiger partial charge >= 0.3 is 0 Å². The summed E-state index contributed by atoms with van der Waals surface area (Å²) < 4.78 is 16.3. The van der Waals surface area contributed by atoms with Crippen LogP contribution in [0.25, 0.3) is 0 Å². The van der Waals surface area contributed by atoms with Gasteiger partial charge in [0.1, 0.15) is 0 Å². The van der Waals surface area contributed by atoms with Crippen LogP contribution in [0.2, 0.25) is 0 Å². The minimum Gasteiger partial charge on any atom is -0.493 e. The number of para-hydroxylation sites is 1. The van der Waals surface area contributed by atoms with Gasteiger partial charge in [-0.3, -0.25) is 0 Å². The first-order valence-electron chi connectivity index (χ1n) is 6.19. The number of methoxy groups -OCH3 is 2. The van der Waals surface area contributed by atoms with E-state index in [1.165, 1.54) is 0 Å². The Morgan fingerprint density at radius 1 is 1.05 bits per heavy atom. The molecule has 1 N–H and O–H groups in total. The number of aliphatic hydroxyl groups excluding tert-OH is 1. The molecule has 0 unspecified atom stereocenters. The van der Waals surface area contributed by atoms with Gasteiger partial charge in [0.2, 0.25) is 11.6 Å². The molecular weight excluding hydrogens is 258 g/mol. The molecular formula is C15H17NO4. The Balaban J connectivity index is 2.44. The lowest BCUT2D eigenvalue weighted by molar-refractivity contribution is 0.194. The molecule has 0 spiro atoms. The van der Waals surface area contributed by atoms with Crippen LogP contribution >= 0.6 is 0 Å². The van der Waals surface area contributed by atoms with Crippen molar-refractivity contribution < 1.29 is 19.3 Å². The highest BCUT2D eigenvalue weighted by Gasteiger charge is 2.16. The first kappa shape index (κ1) is 14.1. The Hall–Kier alpha value is -2.27. The average Bonchev–Trinajstić information content (AvgIpc) is 2.47. The fraction of sp³-hybridized carbons (Fsp3) is 0.267. The molecule has 5 heteroatoms. The van der Waals surface area contributed by atoms with Gasteiger partial charge in [-0.1, -0.05) is 6.07 Å². The third-order valence-electron chi connectivity index (χ3n) is 2.83. The van der Waals surface area contributed by atoms with Crippen molar-refractivity contribution in [2.45, 2.75) is 13.0 Å². The van der Waals surface area contributed by atoms with Crippen LogP contribution in [0.15, 0.2) is 36.5 Å². The van der Waals surface area contributed by atoms with E-state index in [1.807, 2.05) is 0 Å². The lowest BCUT2D eigenvalue weighted by atomic mass is 10.2. The number of aliphatic hydroxyl groups is 1. The molecule has 1 heterocycles. The molecule has 1 aromatic heterocycles. The number of nitrogens with zero attached hydrogens (tertiary/aromatic N) is 1. The molecule has 0 aliphatic rings. The van der Waals surface area contributed by atoms with Crippen molar-refractivity contribution in [2.24, 2.45) is 0 Å². The van der Waals surface area contributed by atoms with Crippen molar-refractivity contribution >= 4 is 0 Å². The van der Waals surface area contributed by atoms with Gasteiger partial charge in [0.25, 0.3) is 0 Å². The lowest BCUT2D eigenvalue weighted by Crippen LogP contribution is -2.00. The molecule has 0 radical (unpaired) electrons. The molecule has 1 atom stereocenters. The summed E-state index contributed by atoms with van der Waals surface area (Å²) in [7, 11) is 3.10. The van der Waals surface area contributed by atoms with Crippen LogP contribution in [0.5, 0.6) is 23.1 Å². The maximum atomic E-state index is 9.75. The highest BCUT2D eigenvalue weighted by molar-refractivity contribution is 5.53. The fourth-order valence-electron chi connectivity index (χ4n) is 1.82.